The van der Waals surface area contributed by atoms with Gasteiger partial charge in [-0.2, -0.15) is 0 Å². The molecular weight excluding hydrogens is 334 g/mol. The van der Waals surface area contributed by atoms with Gasteiger partial charge in [0.25, 0.3) is 5.91 Å². The molecule has 25 heavy (non-hydrogen) atoms. The Morgan fingerprint density at radius 2 is 1.80 bits per heavy atom. The van der Waals surface area contributed by atoms with Crippen molar-refractivity contribution in [3.05, 3.63) is 64.2 Å². The van der Waals surface area contributed by atoms with Gasteiger partial charge in [0.05, 0.1) is 17.7 Å². The first-order valence-corrected chi connectivity index (χ1v) is 8.94. The fourth-order valence-electron chi connectivity index (χ4n) is 2.55. The number of hydrogen-bond acceptors (Lipinski definition) is 2. The molecule has 0 aromatic heterocycles. The van der Waals surface area contributed by atoms with Crippen molar-refractivity contribution in [2.75, 3.05) is 6.61 Å². The largest absolute Gasteiger partial charge is 0.492 e. The van der Waals surface area contributed by atoms with E-state index in [-0.39, 0.29) is 17.4 Å². The number of hydrogen-bond donors (Lipinski definition) is 1. The molecule has 2 aromatic carbocycles. The van der Waals surface area contributed by atoms with Crippen LogP contribution in [0.5, 0.6) is 5.75 Å². The summed E-state index contributed by atoms with van der Waals surface area (Å²) in [6, 6.07) is 13.4. The standard InChI is InChI=1S/C21H26ClNO2/c1-6-25-19-12-9-16(13-18(19)22)20(24)23-14(2)15-7-10-17(11-8-15)21(3,4)5/h7-14H,6H2,1-5H3,(H,23,24)/t14-/m0/s1. The molecule has 0 aliphatic rings. The molecule has 0 aliphatic carbocycles. The van der Waals surface area contributed by atoms with Crippen LogP contribution in [0.15, 0.2) is 42.5 Å². The Kier molecular flexibility index (Phi) is 6.12. The van der Waals surface area contributed by atoms with E-state index in [1.807, 2.05) is 13.8 Å². The Labute approximate surface area is 155 Å². The molecule has 0 radical (unpaired) electrons. The summed E-state index contributed by atoms with van der Waals surface area (Å²) in [5.41, 5.74) is 2.97. The number of benzene rings is 2. The van der Waals surface area contributed by atoms with Gasteiger partial charge in [0, 0.05) is 5.56 Å². The number of amides is 1. The number of ether oxygens (including phenoxy) is 1. The third-order valence-corrected chi connectivity index (χ3v) is 4.41. The predicted molar refractivity (Wildman–Crippen MR) is 104 cm³/mol. The molecular formula is C21H26ClNO2. The maximum atomic E-state index is 12.5. The maximum Gasteiger partial charge on any atom is 0.251 e. The second-order valence-electron chi connectivity index (χ2n) is 7.15. The van der Waals surface area contributed by atoms with E-state index in [2.05, 4.69) is 50.4 Å². The smallest absolute Gasteiger partial charge is 0.251 e. The molecule has 0 saturated carbocycles. The zero-order valence-electron chi connectivity index (χ0n) is 15.5. The molecule has 0 bridgehead atoms. The lowest BCUT2D eigenvalue weighted by Crippen LogP contribution is -2.26. The predicted octanol–water partition coefficient (Wildman–Crippen LogP) is 5.53. The van der Waals surface area contributed by atoms with Crippen LogP contribution in [0.1, 0.15) is 62.1 Å². The third-order valence-electron chi connectivity index (χ3n) is 4.12. The summed E-state index contributed by atoms with van der Waals surface area (Å²) < 4.78 is 5.40. The minimum Gasteiger partial charge on any atom is -0.492 e. The minimum atomic E-state index is -0.155. The van der Waals surface area contributed by atoms with Gasteiger partial charge in [0.15, 0.2) is 0 Å². The molecule has 0 unspecified atom stereocenters. The van der Waals surface area contributed by atoms with Gasteiger partial charge in [0.1, 0.15) is 5.75 Å². The molecule has 1 atom stereocenters. The van der Waals surface area contributed by atoms with Crippen molar-refractivity contribution in [2.45, 2.75) is 46.1 Å². The monoisotopic (exact) mass is 359 g/mol. The van der Waals surface area contributed by atoms with E-state index in [1.54, 1.807) is 18.2 Å². The highest BCUT2D eigenvalue weighted by Crippen LogP contribution is 2.26. The number of halogens is 1. The third kappa shape index (κ3) is 4.99. The van der Waals surface area contributed by atoms with E-state index >= 15 is 0 Å². The number of rotatable bonds is 5. The van der Waals surface area contributed by atoms with Crippen LogP contribution in [0.3, 0.4) is 0 Å². The first kappa shape index (κ1) is 19.3. The van der Waals surface area contributed by atoms with Crippen LogP contribution < -0.4 is 10.1 Å². The molecule has 134 valence electrons. The second-order valence-corrected chi connectivity index (χ2v) is 7.55. The lowest BCUT2D eigenvalue weighted by Gasteiger charge is -2.21. The van der Waals surface area contributed by atoms with E-state index in [9.17, 15) is 4.79 Å². The van der Waals surface area contributed by atoms with Crippen LogP contribution in [0.4, 0.5) is 0 Å². The van der Waals surface area contributed by atoms with Crippen LogP contribution in [-0.4, -0.2) is 12.5 Å². The quantitative estimate of drug-likeness (QED) is 0.762. The number of carbonyl (C=O) groups is 1. The summed E-state index contributed by atoms with van der Waals surface area (Å²) >= 11 is 6.16. The van der Waals surface area contributed by atoms with E-state index in [0.29, 0.717) is 22.9 Å². The van der Waals surface area contributed by atoms with Crippen LogP contribution in [-0.2, 0) is 5.41 Å². The molecule has 0 fully saturated rings. The van der Waals surface area contributed by atoms with Crippen molar-refractivity contribution in [3.63, 3.8) is 0 Å². The molecule has 1 amide bonds. The molecule has 0 saturated heterocycles. The summed E-state index contributed by atoms with van der Waals surface area (Å²) in [6.45, 7) is 10.9. The van der Waals surface area contributed by atoms with Crippen molar-refractivity contribution in [1.29, 1.82) is 0 Å². The Morgan fingerprint density at radius 3 is 2.32 bits per heavy atom. The summed E-state index contributed by atoms with van der Waals surface area (Å²) in [5, 5.41) is 3.45. The summed E-state index contributed by atoms with van der Waals surface area (Å²) in [5.74, 6) is 0.434. The first-order chi connectivity index (χ1) is 11.7. The van der Waals surface area contributed by atoms with E-state index in [1.165, 1.54) is 5.56 Å². The Morgan fingerprint density at radius 1 is 1.16 bits per heavy atom. The molecule has 0 aliphatic heterocycles. The highest BCUT2D eigenvalue weighted by molar-refractivity contribution is 6.32. The van der Waals surface area contributed by atoms with Gasteiger partial charge in [-0.05, 0) is 48.6 Å². The molecule has 0 spiro atoms. The average Bonchev–Trinajstić information content (AvgIpc) is 2.56. The first-order valence-electron chi connectivity index (χ1n) is 8.56. The Bertz CT molecular complexity index is 733. The SMILES string of the molecule is CCOc1ccc(C(=O)N[C@@H](C)c2ccc(C(C)(C)C)cc2)cc1Cl. The highest BCUT2D eigenvalue weighted by Gasteiger charge is 2.16. The Balaban J connectivity index is 2.08. The van der Waals surface area contributed by atoms with Gasteiger partial charge in [-0.3, -0.25) is 4.79 Å². The van der Waals surface area contributed by atoms with E-state index in [4.69, 9.17) is 16.3 Å². The zero-order chi connectivity index (χ0) is 18.6. The lowest BCUT2D eigenvalue weighted by atomic mass is 9.86. The van der Waals surface area contributed by atoms with Crippen molar-refractivity contribution >= 4 is 17.5 Å². The normalized spacial score (nSPS) is 12.6. The molecule has 0 heterocycles. The van der Waals surface area contributed by atoms with Crippen molar-refractivity contribution in [1.82, 2.24) is 5.32 Å². The van der Waals surface area contributed by atoms with Crippen LogP contribution in [0.2, 0.25) is 5.02 Å². The topological polar surface area (TPSA) is 38.3 Å². The van der Waals surface area contributed by atoms with Gasteiger partial charge >= 0.3 is 0 Å². The van der Waals surface area contributed by atoms with Crippen LogP contribution in [0, 0.1) is 0 Å². The second kappa shape index (κ2) is 7.92. The highest BCUT2D eigenvalue weighted by atomic mass is 35.5. The zero-order valence-corrected chi connectivity index (χ0v) is 16.3. The van der Waals surface area contributed by atoms with Crippen molar-refractivity contribution in [2.24, 2.45) is 0 Å². The molecule has 2 aromatic rings. The minimum absolute atomic E-state index is 0.0909. The van der Waals surface area contributed by atoms with Gasteiger partial charge in [-0.25, -0.2) is 0 Å². The van der Waals surface area contributed by atoms with Gasteiger partial charge in [0.2, 0.25) is 0 Å². The number of carbonyl (C=O) groups excluding carboxylic acids is 1. The van der Waals surface area contributed by atoms with E-state index < -0.39 is 0 Å². The average molecular weight is 360 g/mol. The Hall–Kier alpha value is -2.00. The summed E-state index contributed by atoms with van der Waals surface area (Å²) in [4.78, 5) is 12.5. The van der Waals surface area contributed by atoms with Crippen molar-refractivity contribution < 1.29 is 9.53 Å². The molecule has 3 nitrogen and oxygen atoms in total. The molecule has 1 N–H and O–H groups in total. The van der Waals surface area contributed by atoms with Gasteiger partial charge in [-0.15, -0.1) is 0 Å². The van der Waals surface area contributed by atoms with Gasteiger partial charge in [-0.1, -0.05) is 56.6 Å². The maximum absolute atomic E-state index is 12.5. The molecule has 4 heteroatoms. The lowest BCUT2D eigenvalue weighted by molar-refractivity contribution is 0.0940. The van der Waals surface area contributed by atoms with Crippen LogP contribution >= 0.6 is 11.6 Å². The summed E-state index contributed by atoms with van der Waals surface area (Å²) in [7, 11) is 0. The fourth-order valence-corrected chi connectivity index (χ4v) is 2.78. The van der Waals surface area contributed by atoms with Gasteiger partial charge < -0.3 is 10.1 Å². The molecule has 2 rings (SSSR count). The van der Waals surface area contributed by atoms with E-state index in [0.717, 1.165) is 5.56 Å². The summed E-state index contributed by atoms with van der Waals surface area (Å²) in [6.07, 6.45) is 0. The van der Waals surface area contributed by atoms with Crippen LogP contribution in [0.25, 0.3) is 0 Å². The number of nitrogens with one attached hydrogen (secondary N) is 1. The fraction of sp³-hybridized carbons (Fsp3) is 0.381. The van der Waals surface area contributed by atoms with Crippen molar-refractivity contribution in [3.8, 4) is 5.75 Å².